The monoisotopic (exact) mass is 383 g/mol. The van der Waals surface area contributed by atoms with Gasteiger partial charge in [0.2, 0.25) is 11.8 Å². The summed E-state index contributed by atoms with van der Waals surface area (Å²) in [6, 6.07) is 21.4. The number of para-hydroxylation sites is 1. The highest BCUT2D eigenvalue weighted by Crippen LogP contribution is 2.42. The number of hydrogen-bond donors (Lipinski definition) is 0. The number of pyridine rings is 1. The van der Waals surface area contributed by atoms with E-state index in [0.29, 0.717) is 18.0 Å². The summed E-state index contributed by atoms with van der Waals surface area (Å²) in [5.41, 5.74) is 5.17. The van der Waals surface area contributed by atoms with Gasteiger partial charge in [-0.3, -0.25) is 9.78 Å². The Bertz CT molecular complexity index is 1100. The molecule has 0 saturated carbocycles. The highest BCUT2D eigenvalue weighted by molar-refractivity contribution is 6.04. The lowest BCUT2D eigenvalue weighted by atomic mass is 10.0. The van der Waals surface area contributed by atoms with Crippen LogP contribution in [0, 0.1) is 6.92 Å². The van der Waals surface area contributed by atoms with E-state index in [-0.39, 0.29) is 5.91 Å². The highest BCUT2D eigenvalue weighted by Gasteiger charge is 2.28. The molecule has 0 saturated heterocycles. The Morgan fingerprint density at radius 3 is 2.28 bits per heavy atom. The quantitative estimate of drug-likeness (QED) is 0.438. The van der Waals surface area contributed by atoms with Crippen LogP contribution in [0.25, 0.3) is 22.4 Å². The SMILES string of the molecule is CCC(=O)N(c1ccccc1)c1onc(-c2ccc(C)cc2)c1-c1ccncc1. The Morgan fingerprint density at radius 2 is 1.62 bits per heavy atom. The third kappa shape index (κ3) is 3.67. The smallest absolute Gasteiger partial charge is 0.247 e. The summed E-state index contributed by atoms with van der Waals surface area (Å²) in [6.45, 7) is 3.88. The van der Waals surface area contributed by atoms with Crippen molar-refractivity contribution in [3.05, 3.63) is 84.7 Å². The van der Waals surface area contributed by atoms with E-state index in [2.05, 4.69) is 10.1 Å². The average molecular weight is 383 g/mol. The van der Waals surface area contributed by atoms with Gasteiger partial charge in [-0.15, -0.1) is 0 Å². The third-order valence-corrected chi connectivity index (χ3v) is 4.74. The van der Waals surface area contributed by atoms with Crippen molar-refractivity contribution in [2.45, 2.75) is 20.3 Å². The van der Waals surface area contributed by atoms with E-state index in [1.54, 1.807) is 17.3 Å². The first kappa shape index (κ1) is 18.6. The van der Waals surface area contributed by atoms with E-state index in [4.69, 9.17) is 4.52 Å². The molecule has 0 aliphatic carbocycles. The molecule has 0 atom stereocenters. The molecule has 0 spiro atoms. The molecule has 4 aromatic rings. The van der Waals surface area contributed by atoms with Crippen LogP contribution >= 0.6 is 0 Å². The molecule has 0 bridgehead atoms. The van der Waals surface area contributed by atoms with E-state index in [1.807, 2.05) is 80.6 Å². The fraction of sp³-hybridized carbons (Fsp3) is 0.125. The van der Waals surface area contributed by atoms with Gasteiger partial charge in [-0.2, -0.15) is 0 Å². The van der Waals surface area contributed by atoms with Gasteiger partial charge in [-0.1, -0.05) is 60.1 Å². The zero-order valence-corrected chi connectivity index (χ0v) is 16.4. The Balaban J connectivity index is 1.95. The fourth-order valence-corrected chi connectivity index (χ4v) is 3.23. The van der Waals surface area contributed by atoms with Crippen molar-refractivity contribution in [2.24, 2.45) is 0 Å². The molecule has 0 unspecified atom stereocenters. The number of rotatable bonds is 5. The summed E-state index contributed by atoms with van der Waals surface area (Å²) in [7, 11) is 0. The zero-order chi connectivity index (χ0) is 20.2. The lowest BCUT2D eigenvalue weighted by Gasteiger charge is -2.20. The number of benzene rings is 2. The van der Waals surface area contributed by atoms with Gasteiger partial charge in [0.15, 0.2) is 0 Å². The number of nitrogens with zero attached hydrogens (tertiary/aromatic N) is 3. The Kier molecular flexibility index (Phi) is 5.20. The molecule has 5 nitrogen and oxygen atoms in total. The third-order valence-electron chi connectivity index (χ3n) is 4.74. The number of amides is 1. The minimum atomic E-state index is -0.0712. The minimum absolute atomic E-state index is 0.0712. The Morgan fingerprint density at radius 1 is 0.931 bits per heavy atom. The van der Waals surface area contributed by atoms with Gasteiger partial charge in [-0.05, 0) is 36.8 Å². The first-order valence-electron chi connectivity index (χ1n) is 9.54. The molecular formula is C24H21N3O2. The van der Waals surface area contributed by atoms with E-state index >= 15 is 0 Å². The first-order chi connectivity index (χ1) is 14.2. The average Bonchev–Trinajstić information content (AvgIpc) is 3.20. The van der Waals surface area contributed by atoms with Crippen LogP contribution < -0.4 is 4.90 Å². The molecule has 0 aliphatic heterocycles. The molecule has 0 aliphatic rings. The zero-order valence-electron chi connectivity index (χ0n) is 16.4. The normalized spacial score (nSPS) is 10.7. The summed E-state index contributed by atoms with van der Waals surface area (Å²) in [5.74, 6) is 0.336. The summed E-state index contributed by atoms with van der Waals surface area (Å²) in [4.78, 5) is 18.6. The summed E-state index contributed by atoms with van der Waals surface area (Å²) in [5, 5.41) is 4.37. The van der Waals surface area contributed by atoms with Gasteiger partial charge >= 0.3 is 0 Å². The highest BCUT2D eigenvalue weighted by atomic mass is 16.5. The Labute approximate surface area is 169 Å². The first-order valence-corrected chi connectivity index (χ1v) is 9.54. The number of aromatic nitrogens is 2. The molecule has 4 rings (SSSR count). The molecule has 5 heteroatoms. The molecule has 0 N–H and O–H groups in total. The van der Waals surface area contributed by atoms with E-state index in [9.17, 15) is 4.79 Å². The predicted octanol–water partition coefficient (Wildman–Crippen LogP) is 5.79. The van der Waals surface area contributed by atoms with E-state index < -0.39 is 0 Å². The second-order valence-corrected chi connectivity index (χ2v) is 6.73. The van der Waals surface area contributed by atoms with Crippen molar-refractivity contribution in [1.82, 2.24) is 10.1 Å². The van der Waals surface area contributed by atoms with Gasteiger partial charge in [0.1, 0.15) is 5.69 Å². The van der Waals surface area contributed by atoms with Crippen LogP contribution in [0.3, 0.4) is 0 Å². The van der Waals surface area contributed by atoms with Crippen molar-refractivity contribution >= 4 is 17.5 Å². The van der Waals surface area contributed by atoms with Crippen molar-refractivity contribution in [3.63, 3.8) is 0 Å². The molecule has 2 heterocycles. The fourth-order valence-electron chi connectivity index (χ4n) is 3.23. The second kappa shape index (κ2) is 8.10. The molecule has 1 amide bonds. The van der Waals surface area contributed by atoms with Crippen LogP contribution in [-0.2, 0) is 4.79 Å². The molecular weight excluding hydrogens is 362 g/mol. The van der Waals surface area contributed by atoms with Gasteiger partial charge in [0.25, 0.3) is 0 Å². The number of aryl methyl sites for hydroxylation is 1. The van der Waals surface area contributed by atoms with Crippen molar-refractivity contribution in [1.29, 1.82) is 0 Å². The van der Waals surface area contributed by atoms with Crippen LogP contribution in [0.2, 0.25) is 0 Å². The molecule has 2 aromatic carbocycles. The predicted molar refractivity (Wildman–Crippen MR) is 114 cm³/mol. The van der Waals surface area contributed by atoms with Gasteiger partial charge in [0, 0.05) is 24.4 Å². The number of carbonyl (C=O) groups excluding carboxylic acids is 1. The lowest BCUT2D eigenvalue weighted by molar-refractivity contribution is -0.117. The van der Waals surface area contributed by atoms with Crippen LogP contribution in [0.4, 0.5) is 11.6 Å². The van der Waals surface area contributed by atoms with Crippen molar-refractivity contribution < 1.29 is 9.32 Å². The summed E-state index contributed by atoms with van der Waals surface area (Å²) in [6.07, 6.45) is 3.78. The maximum Gasteiger partial charge on any atom is 0.247 e. The van der Waals surface area contributed by atoms with Gasteiger partial charge in [-0.25, -0.2) is 4.90 Å². The molecule has 144 valence electrons. The summed E-state index contributed by atoms with van der Waals surface area (Å²) >= 11 is 0. The van der Waals surface area contributed by atoms with Crippen LogP contribution in [-0.4, -0.2) is 16.0 Å². The molecule has 2 aromatic heterocycles. The number of hydrogen-bond acceptors (Lipinski definition) is 4. The minimum Gasteiger partial charge on any atom is -0.337 e. The molecule has 0 radical (unpaired) electrons. The van der Waals surface area contributed by atoms with Crippen molar-refractivity contribution in [3.8, 4) is 22.4 Å². The standard InChI is InChI=1S/C24H21N3O2/c1-3-21(28)27(20-7-5-4-6-8-20)24-22(18-13-15-25-16-14-18)23(26-29-24)19-11-9-17(2)10-12-19/h4-16H,3H2,1-2H3. The number of anilines is 2. The lowest BCUT2D eigenvalue weighted by Crippen LogP contribution is -2.25. The van der Waals surface area contributed by atoms with Crippen LogP contribution in [0.5, 0.6) is 0 Å². The van der Waals surface area contributed by atoms with Crippen LogP contribution in [0.1, 0.15) is 18.9 Å². The molecule has 29 heavy (non-hydrogen) atoms. The maximum absolute atomic E-state index is 12.9. The largest absolute Gasteiger partial charge is 0.337 e. The topological polar surface area (TPSA) is 59.2 Å². The van der Waals surface area contributed by atoms with Gasteiger partial charge < -0.3 is 4.52 Å². The number of carbonyl (C=O) groups is 1. The second-order valence-electron chi connectivity index (χ2n) is 6.73. The Hall–Kier alpha value is -3.73. The molecule has 0 fully saturated rings. The van der Waals surface area contributed by atoms with Crippen LogP contribution in [0.15, 0.2) is 83.6 Å². The summed E-state index contributed by atoms with van der Waals surface area (Å²) < 4.78 is 5.81. The maximum atomic E-state index is 12.9. The van der Waals surface area contributed by atoms with Gasteiger partial charge in [0.05, 0.1) is 11.3 Å². The van der Waals surface area contributed by atoms with Crippen molar-refractivity contribution in [2.75, 3.05) is 4.90 Å². The van der Waals surface area contributed by atoms with E-state index in [0.717, 1.165) is 27.9 Å². The van der Waals surface area contributed by atoms with E-state index in [1.165, 1.54) is 0 Å².